The number of aliphatic hydroxyl groups excluding tert-OH is 1. The predicted molar refractivity (Wildman–Crippen MR) is 79.6 cm³/mol. The lowest BCUT2D eigenvalue weighted by molar-refractivity contribution is -0.113. The number of ketones is 1. The lowest BCUT2D eigenvalue weighted by Gasteiger charge is -2.24. The van der Waals surface area contributed by atoms with Crippen molar-refractivity contribution < 1.29 is 9.90 Å². The molecule has 20 heavy (non-hydrogen) atoms. The van der Waals surface area contributed by atoms with Crippen LogP contribution in [-0.2, 0) is 4.79 Å². The van der Waals surface area contributed by atoms with Crippen LogP contribution in [0.25, 0.3) is 0 Å². The third-order valence-electron chi connectivity index (χ3n) is 3.95. The van der Waals surface area contributed by atoms with E-state index in [1.807, 2.05) is 33.8 Å². The minimum absolute atomic E-state index is 0.0823. The highest BCUT2D eigenvalue weighted by molar-refractivity contribution is 6.23. The molecule has 0 amide bonds. The van der Waals surface area contributed by atoms with E-state index in [2.05, 4.69) is 11.1 Å². The van der Waals surface area contributed by atoms with Crippen LogP contribution in [0.15, 0.2) is 62.0 Å². The summed E-state index contributed by atoms with van der Waals surface area (Å²) in [6.45, 7) is 7.81. The van der Waals surface area contributed by atoms with Gasteiger partial charge in [0.15, 0.2) is 0 Å². The Morgan fingerprint density at radius 3 is 2.25 bits per heavy atom. The normalized spacial score (nSPS) is 26.0. The van der Waals surface area contributed by atoms with E-state index >= 15 is 0 Å². The molecule has 0 aromatic carbocycles. The number of aliphatic imine (C=N–C) groups is 1. The summed E-state index contributed by atoms with van der Waals surface area (Å²) in [5, 5.41) is 10.3. The Labute approximate surface area is 118 Å². The van der Waals surface area contributed by atoms with Crippen LogP contribution in [0.2, 0.25) is 0 Å². The van der Waals surface area contributed by atoms with Crippen LogP contribution in [0.4, 0.5) is 0 Å². The van der Waals surface area contributed by atoms with Gasteiger partial charge in [0.1, 0.15) is 5.76 Å². The molecule has 1 N–H and O–H groups in total. The van der Waals surface area contributed by atoms with Crippen LogP contribution in [0, 0.1) is 0 Å². The number of hydrogen-bond donors (Lipinski definition) is 1. The van der Waals surface area contributed by atoms with Gasteiger partial charge in [-0.2, -0.15) is 0 Å². The van der Waals surface area contributed by atoms with Crippen molar-refractivity contribution in [3.63, 3.8) is 0 Å². The van der Waals surface area contributed by atoms with Crippen LogP contribution in [0.1, 0.15) is 34.1 Å². The highest BCUT2D eigenvalue weighted by Gasteiger charge is 2.40. The van der Waals surface area contributed by atoms with E-state index in [1.54, 1.807) is 0 Å². The van der Waals surface area contributed by atoms with Crippen LogP contribution in [0.3, 0.4) is 0 Å². The number of allylic oxidation sites excluding steroid dienone is 8. The molecule has 0 fully saturated rings. The summed E-state index contributed by atoms with van der Waals surface area (Å²) in [5.41, 5.74) is 6.51. The summed E-state index contributed by atoms with van der Waals surface area (Å²) in [6, 6.07) is 0. The van der Waals surface area contributed by atoms with Crippen molar-refractivity contribution in [2.75, 3.05) is 0 Å². The van der Waals surface area contributed by atoms with Gasteiger partial charge in [-0.1, -0.05) is 11.6 Å². The largest absolute Gasteiger partial charge is 0.506 e. The minimum atomic E-state index is -0.0823. The smallest absolute Gasteiger partial charge is 0.203 e. The monoisotopic (exact) mass is 267 g/mol. The molecule has 0 saturated heterocycles. The molecular weight excluding hydrogens is 250 g/mol. The van der Waals surface area contributed by atoms with Crippen molar-refractivity contribution in [2.45, 2.75) is 34.1 Å². The number of carbonyl (C=O) groups excluding carboxylic acids is 1. The number of hydrogen-bond acceptors (Lipinski definition) is 3. The molecule has 102 valence electrons. The quantitative estimate of drug-likeness (QED) is 0.736. The summed E-state index contributed by atoms with van der Waals surface area (Å²) in [7, 11) is 0. The molecule has 3 heteroatoms. The fourth-order valence-corrected chi connectivity index (χ4v) is 3.05. The van der Waals surface area contributed by atoms with Crippen molar-refractivity contribution in [1.82, 2.24) is 0 Å². The van der Waals surface area contributed by atoms with Crippen molar-refractivity contribution in [2.24, 2.45) is 4.99 Å². The standard InChI is InChI=1S/C17H17NO2/c1-8-5-9(2)12(6-8)13-16(19)14(17(13)20)15-10(3)7-11(4)18-15/h5,7,19H,6H2,1-4H3. The second-order valence-electron chi connectivity index (χ2n) is 5.69. The number of carbonyl (C=O) groups is 1. The first-order chi connectivity index (χ1) is 9.40. The van der Waals surface area contributed by atoms with Crippen molar-refractivity contribution >= 4 is 11.5 Å². The van der Waals surface area contributed by atoms with Crippen LogP contribution in [-0.4, -0.2) is 16.6 Å². The van der Waals surface area contributed by atoms with Crippen molar-refractivity contribution in [3.8, 4) is 0 Å². The Hall–Kier alpha value is -2.16. The Bertz CT molecular complexity index is 737. The molecule has 0 unspecified atom stereocenters. The number of Topliss-reactive ketones (excluding diaryl/α,β-unsaturated/α-hetero) is 1. The van der Waals surface area contributed by atoms with Crippen LogP contribution in [0.5, 0.6) is 0 Å². The molecular formula is C17H17NO2. The molecule has 0 bridgehead atoms. The summed E-state index contributed by atoms with van der Waals surface area (Å²) < 4.78 is 0. The maximum absolute atomic E-state index is 12.4. The van der Waals surface area contributed by atoms with Gasteiger partial charge in [0, 0.05) is 5.71 Å². The van der Waals surface area contributed by atoms with E-state index in [4.69, 9.17) is 0 Å². The lowest BCUT2D eigenvalue weighted by Crippen LogP contribution is -2.25. The molecule has 0 aromatic heterocycles. The van der Waals surface area contributed by atoms with Gasteiger partial charge in [-0.15, -0.1) is 0 Å². The number of rotatable bonds is 1. The first-order valence-electron chi connectivity index (χ1n) is 6.74. The van der Waals surface area contributed by atoms with Gasteiger partial charge in [0.2, 0.25) is 5.78 Å². The Balaban J connectivity index is 2.07. The zero-order chi connectivity index (χ0) is 14.6. The Kier molecular flexibility index (Phi) is 2.68. The molecule has 0 atom stereocenters. The van der Waals surface area contributed by atoms with E-state index in [-0.39, 0.29) is 11.5 Å². The highest BCUT2D eigenvalue weighted by Crippen LogP contribution is 2.43. The zero-order valence-electron chi connectivity index (χ0n) is 12.2. The zero-order valence-corrected chi connectivity index (χ0v) is 12.2. The molecule has 0 aromatic rings. The first kappa shape index (κ1) is 12.9. The van der Waals surface area contributed by atoms with Gasteiger partial charge in [-0.05, 0) is 56.9 Å². The van der Waals surface area contributed by atoms with Gasteiger partial charge < -0.3 is 5.11 Å². The van der Waals surface area contributed by atoms with Gasteiger partial charge in [-0.3, -0.25) is 9.79 Å². The average Bonchev–Trinajstić information content (AvgIpc) is 2.83. The highest BCUT2D eigenvalue weighted by atomic mass is 16.3. The molecule has 3 nitrogen and oxygen atoms in total. The average molecular weight is 267 g/mol. The van der Waals surface area contributed by atoms with Gasteiger partial charge in [0.05, 0.1) is 16.8 Å². The summed E-state index contributed by atoms with van der Waals surface area (Å²) >= 11 is 0. The third kappa shape index (κ3) is 1.66. The van der Waals surface area contributed by atoms with Gasteiger partial charge in [0.25, 0.3) is 0 Å². The van der Waals surface area contributed by atoms with Crippen molar-refractivity contribution in [3.05, 3.63) is 57.0 Å². The fourth-order valence-electron chi connectivity index (χ4n) is 3.05. The van der Waals surface area contributed by atoms with E-state index < -0.39 is 0 Å². The van der Waals surface area contributed by atoms with Gasteiger partial charge in [-0.25, -0.2) is 0 Å². The van der Waals surface area contributed by atoms with Gasteiger partial charge >= 0.3 is 0 Å². The number of nitrogens with zero attached hydrogens (tertiary/aromatic N) is 1. The third-order valence-corrected chi connectivity index (χ3v) is 3.95. The second-order valence-corrected chi connectivity index (χ2v) is 5.69. The Morgan fingerprint density at radius 1 is 1.10 bits per heavy atom. The molecule has 3 aliphatic rings. The second kappa shape index (κ2) is 4.17. The SMILES string of the molecule is CC1=CC(C)=C(C2=C(O)C(=C3N=C(C)C=C3C)C2=O)C1. The lowest BCUT2D eigenvalue weighted by atomic mass is 9.79. The maximum atomic E-state index is 12.4. The Morgan fingerprint density at radius 2 is 1.80 bits per heavy atom. The van der Waals surface area contributed by atoms with E-state index in [0.717, 1.165) is 28.9 Å². The summed E-state index contributed by atoms with van der Waals surface area (Å²) in [5.74, 6) is 0.0230. The first-order valence-corrected chi connectivity index (χ1v) is 6.74. The fraction of sp³-hybridized carbons (Fsp3) is 0.294. The minimum Gasteiger partial charge on any atom is -0.506 e. The maximum Gasteiger partial charge on any atom is 0.203 e. The molecule has 1 heterocycles. The van der Waals surface area contributed by atoms with Crippen molar-refractivity contribution in [1.29, 1.82) is 0 Å². The molecule has 0 spiro atoms. The summed E-state index contributed by atoms with van der Waals surface area (Å²) in [6.07, 6.45) is 4.74. The summed E-state index contributed by atoms with van der Waals surface area (Å²) in [4.78, 5) is 16.8. The number of aliphatic hydroxyl groups is 1. The topological polar surface area (TPSA) is 49.7 Å². The molecule has 2 aliphatic carbocycles. The van der Waals surface area contributed by atoms with E-state index in [1.165, 1.54) is 5.57 Å². The molecule has 3 rings (SSSR count). The van der Waals surface area contributed by atoms with E-state index in [0.29, 0.717) is 16.8 Å². The predicted octanol–water partition coefficient (Wildman–Crippen LogP) is 3.72. The van der Waals surface area contributed by atoms with E-state index in [9.17, 15) is 9.90 Å². The van der Waals surface area contributed by atoms with Crippen LogP contribution < -0.4 is 0 Å². The van der Waals surface area contributed by atoms with Crippen LogP contribution >= 0.6 is 0 Å². The molecule has 1 aliphatic heterocycles. The molecule has 0 radical (unpaired) electrons. The molecule has 0 saturated carbocycles.